The van der Waals surface area contributed by atoms with Crippen LogP contribution >= 0.6 is 12.2 Å². The number of nitrogens with one attached hydrogen (secondary N) is 1. The molecule has 4 nitrogen and oxygen atoms in total. The van der Waals surface area contributed by atoms with Gasteiger partial charge in [0.1, 0.15) is 0 Å². The number of carbonyl (C=O) groups is 1. The zero-order chi connectivity index (χ0) is 13.1. The molecule has 1 amide bonds. The first-order chi connectivity index (χ1) is 7.96. The van der Waals surface area contributed by atoms with Crippen molar-refractivity contribution in [2.24, 2.45) is 11.1 Å². The standard InChI is InChI=1S/C12H23N3OS/c1-4-15(5-2)8-9(3)14-11(16)12(6-7-12)10(13)17/h9H,4-8H2,1-3H3,(H2,13,17)(H,14,16). The highest BCUT2D eigenvalue weighted by Crippen LogP contribution is 2.46. The van der Waals surface area contributed by atoms with Crippen molar-refractivity contribution in [1.29, 1.82) is 0 Å². The van der Waals surface area contributed by atoms with Gasteiger partial charge in [0.25, 0.3) is 0 Å². The number of likely N-dealkylation sites (N-methyl/N-ethyl adjacent to an activating group) is 1. The van der Waals surface area contributed by atoms with Gasteiger partial charge in [-0.3, -0.25) is 4.79 Å². The summed E-state index contributed by atoms with van der Waals surface area (Å²) in [6, 6.07) is 0.134. The largest absolute Gasteiger partial charge is 0.392 e. The second-order valence-electron chi connectivity index (χ2n) is 4.81. The van der Waals surface area contributed by atoms with E-state index in [1.165, 1.54) is 0 Å². The average molecular weight is 257 g/mol. The Morgan fingerprint density at radius 1 is 1.47 bits per heavy atom. The van der Waals surface area contributed by atoms with Crippen molar-refractivity contribution < 1.29 is 4.79 Å². The van der Waals surface area contributed by atoms with E-state index in [2.05, 4.69) is 24.1 Å². The summed E-state index contributed by atoms with van der Waals surface area (Å²) in [4.78, 5) is 14.7. The van der Waals surface area contributed by atoms with E-state index in [1.54, 1.807) is 0 Å². The minimum Gasteiger partial charge on any atom is -0.392 e. The number of nitrogens with two attached hydrogens (primary N) is 1. The molecule has 3 N–H and O–H groups in total. The predicted octanol–water partition coefficient (Wildman–Crippen LogP) is 0.899. The molecule has 0 aliphatic heterocycles. The van der Waals surface area contributed by atoms with E-state index in [0.717, 1.165) is 32.5 Å². The molecule has 0 bridgehead atoms. The van der Waals surface area contributed by atoms with Crippen LogP contribution in [0.5, 0.6) is 0 Å². The lowest BCUT2D eigenvalue weighted by Gasteiger charge is -2.25. The van der Waals surface area contributed by atoms with Crippen LogP contribution < -0.4 is 11.1 Å². The number of nitrogens with zero attached hydrogens (tertiary/aromatic N) is 1. The Balaban J connectivity index is 2.44. The first-order valence-corrected chi connectivity index (χ1v) is 6.70. The third-order valence-corrected chi connectivity index (χ3v) is 3.85. The van der Waals surface area contributed by atoms with Crippen molar-refractivity contribution >= 4 is 23.1 Å². The van der Waals surface area contributed by atoms with Gasteiger partial charge in [0.05, 0.1) is 10.4 Å². The quantitative estimate of drug-likeness (QED) is 0.665. The Hall–Kier alpha value is -0.680. The van der Waals surface area contributed by atoms with Crippen molar-refractivity contribution in [3.05, 3.63) is 0 Å². The molecule has 1 rings (SSSR count). The lowest BCUT2D eigenvalue weighted by atomic mass is 10.1. The van der Waals surface area contributed by atoms with Crippen molar-refractivity contribution in [2.45, 2.75) is 39.7 Å². The molecular weight excluding hydrogens is 234 g/mol. The maximum absolute atomic E-state index is 12.0. The summed E-state index contributed by atoms with van der Waals surface area (Å²) in [5.74, 6) is 0.00431. The van der Waals surface area contributed by atoms with Crippen LogP contribution in [0.4, 0.5) is 0 Å². The molecule has 1 fully saturated rings. The molecule has 98 valence electrons. The number of carbonyl (C=O) groups excluding carboxylic acids is 1. The van der Waals surface area contributed by atoms with E-state index in [1.807, 2.05) is 6.92 Å². The predicted molar refractivity (Wildman–Crippen MR) is 73.8 cm³/mol. The fourth-order valence-electron chi connectivity index (χ4n) is 1.99. The molecule has 1 unspecified atom stereocenters. The summed E-state index contributed by atoms with van der Waals surface area (Å²) in [6.45, 7) is 9.12. The highest BCUT2D eigenvalue weighted by molar-refractivity contribution is 7.80. The molecule has 0 aromatic rings. The Labute approximate surface area is 109 Å². The summed E-state index contributed by atoms with van der Waals surface area (Å²) >= 11 is 4.96. The van der Waals surface area contributed by atoms with E-state index in [0.29, 0.717) is 4.99 Å². The Morgan fingerprint density at radius 3 is 2.35 bits per heavy atom. The maximum atomic E-state index is 12.0. The van der Waals surface area contributed by atoms with Crippen molar-refractivity contribution in [2.75, 3.05) is 19.6 Å². The normalized spacial score (nSPS) is 18.8. The number of amides is 1. The van der Waals surface area contributed by atoms with Gasteiger partial charge in [-0.15, -0.1) is 0 Å². The van der Waals surface area contributed by atoms with E-state index in [4.69, 9.17) is 18.0 Å². The van der Waals surface area contributed by atoms with Gasteiger partial charge in [0.2, 0.25) is 5.91 Å². The lowest BCUT2D eigenvalue weighted by Crippen LogP contribution is -2.47. The van der Waals surface area contributed by atoms with Crippen LogP contribution in [0.3, 0.4) is 0 Å². The summed E-state index contributed by atoms with van der Waals surface area (Å²) in [6.07, 6.45) is 1.60. The smallest absolute Gasteiger partial charge is 0.233 e. The number of hydrogen-bond donors (Lipinski definition) is 2. The van der Waals surface area contributed by atoms with Gasteiger partial charge in [0, 0.05) is 12.6 Å². The average Bonchev–Trinajstić information content (AvgIpc) is 3.06. The van der Waals surface area contributed by atoms with Crippen molar-refractivity contribution in [1.82, 2.24) is 10.2 Å². The molecule has 1 atom stereocenters. The number of rotatable bonds is 7. The van der Waals surface area contributed by atoms with Crippen LogP contribution in [0, 0.1) is 5.41 Å². The zero-order valence-corrected chi connectivity index (χ0v) is 11.8. The monoisotopic (exact) mass is 257 g/mol. The summed E-state index contributed by atoms with van der Waals surface area (Å²) in [5, 5.41) is 3.02. The Morgan fingerprint density at radius 2 is 2.00 bits per heavy atom. The second-order valence-corrected chi connectivity index (χ2v) is 5.25. The third kappa shape index (κ3) is 3.39. The number of thiocarbonyl (C=S) groups is 1. The van der Waals surface area contributed by atoms with Crippen LogP contribution in [0.1, 0.15) is 33.6 Å². The Kier molecular flexibility index (Phi) is 4.89. The van der Waals surface area contributed by atoms with E-state index in [-0.39, 0.29) is 11.9 Å². The van der Waals surface area contributed by atoms with Gasteiger partial charge in [-0.1, -0.05) is 26.1 Å². The molecule has 0 aromatic heterocycles. The molecule has 1 saturated carbocycles. The minimum atomic E-state index is -0.535. The van der Waals surface area contributed by atoms with Crippen LogP contribution in [0.2, 0.25) is 0 Å². The van der Waals surface area contributed by atoms with Crippen LogP contribution in [-0.4, -0.2) is 41.5 Å². The number of hydrogen-bond acceptors (Lipinski definition) is 3. The van der Waals surface area contributed by atoms with E-state index < -0.39 is 5.41 Å². The molecule has 1 aliphatic carbocycles. The van der Waals surface area contributed by atoms with Crippen LogP contribution in [-0.2, 0) is 4.79 Å². The summed E-state index contributed by atoms with van der Waals surface area (Å²) in [5.41, 5.74) is 5.09. The van der Waals surface area contributed by atoms with Gasteiger partial charge < -0.3 is 16.0 Å². The molecule has 0 saturated heterocycles. The van der Waals surface area contributed by atoms with Crippen LogP contribution in [0.15, 0.2) is 0 Å². The second kappa shape index (κ2) is 5.78. The molecular formula is C12H23N3OS. The van der Waals surface area contributed by atoms with Gasteiger partial charge in [0.15, 0.2) is 0 Å². The molecule has 0 spiro atoms. The highest BCUT2D eigenvalue weighted by Gasteiger charge is 2.52. The molecule has 0 aromatic carbocycles. The Bertz CT molecular complexity index is 298. The first-order valence-electron chi connectivity index (χ1n) is 6.29. The van der Waals surface area contributed by atoms with Crippen LogP contribution in [0.25, 0.3) is 0 Å². The van der Waals surface area contributed by atoms with Gasteiger partial charge >= 0.3 is 0 Å². The summed E-state index contributed by atoms with van der Waals surface area (Å²) in [7, 11) is 0. The third-order valence-electron chi connectivity index (χ3n) is 3.46. The van der Waals surface area contributed by atoms with Gasteiger partial charge in [-0.05, 0) is 32.9 Å². The molecule has 0 heterocycles. The minimum absolute atomic E-state index is 0.00431. The maximum Gasteiger partial charge on any atom is 0.233 e. The fraction of sp³-hybridized carbons (Fsp3) is 0.833. The first kappa shape index (κ1) is 14.4. The summed E-state index contributed by atoms with van der Waals surface area (Å²) < 4.78 is 0. The SMILES string of the molecule is CCN(CC)CC(C)NC(=O)C1(C(N)=S)CC1. The van der Waals surface area contributed by atoms with E-state index >= 15 is 0 Å². The molecule has 17 heavy (non-hydrogen) atoms. The zero-order valence-electron chi connectivity index (χ0n) is 11.0. The van der Waals surface area contributed by atoms with Crippen molar-refractivity contribution in [3.8, 4) is 0 Å². The topological polar surface area (TPSA) is 58.4 Å². The lowest BCUT2D eigenvalue weighted by molar-refractivity contribution is -0.124. The van der Waals surface area contributed by atoms with Gasteiger partial charge in [-0.2, -0.15) is 0 Å². The molecule has 1 aliphatic rings. The molecule has 0 radical (unpaired) electrons. The highest BCUT2D eigenvalue weighted by atomic mass is 32.1. The van der Waals surface area contributed by atoms with Gasteiger partial charge in [-0.25, -0.2) is 0 Å². The fourth-order valence-corrected chi connectivity index (χ4v) is 2.28. The van der Waals surface area contributed by atoms with Crippen molar-refractivity contribution in [3.63, 3.8) is 0 Å². The van der Waals surface area contributed by atoms with E-state index in [9.17, 15) is 4.79 Å². The molecule has 5 heteroatoms.